The topological polar surface area (TPSA) is 0 Å². The average molecular weight is 229 g/mol. The summed E-state index contributed by atoms with van der Waals surface area (Å²) in [4.78, 5) is 0. The molecule has 0 N–H and O–H groups in total. The van der Waals surface area contributed by atoms with E-state index in [9.17, 15) is 4.39 Å². The number of halogens is 3. The Balaban J connectivity index is 2.78. The molecule has 0 fully saturated rings. The molecule has 0 amide bonds. The first kappa shape index (κ1) is 9.75. The van der Waals surface area contributed by atoms with Gasteiger partial charge in [0, 0.05) is 5.56 Å². The second kappa shape index (κ2) is 3.41. The first-order valence-electron chi connectivity index (χ1n) is 4.14. The van der Waals surface area contributed by atoms with Crippen LogP contribution in [0.25, 0.3) is 10.8 Å². The second-order valence-electron chi connectivity index (χ2n) is 3.02. The van der Waals surface area contributed by atoms with Crippen LogP contribution in [0.4, 0.5) is 4.39 Å². The van der Waals surface area contributed by atoms with Gasteiger partial charge in [-0.3, -0.25) is 0 Å². The molecule has 3 heteroatoms. The van der Waals surface area contributed by atoms with Gasteiger partial charge in [0.2, 0.25) is 0 Å². The van der Waals surface area contributed by atoms with Crippen LogP contribution < -0.4 is 0 Å². The van der Waals surface area contributed by atoms with E-state index < -0.39 is 4.59 Å². The van der Waals surface area contributed by atoms with Gasteiger partial charge < -0.3 is 0 Å². The van der Waals surface area contributed by atoms with Gasteiger partial charge in [-0.25, -0.2) is 4.39 Å². The predicted molar refractivity (Wildman–Crippen MR) is 58.4 cm³/mol. The van der Waals surface area contributed by atoms with Crippen molar-refractivity contribution in [3.05, 3.63) is 48.0 Å². The molecule has 0 spiro atoms. The van der Waals surface area contributed by atoms with E-state index in [1.165, 1.54) is 0 Å². The molecule has 14 heavy (non-hydrogen) atoms. The summed E-state index contributed by atoms with van der Waals surface area (Å²) in [7, 11) is 0. The highest BCUT2D eigenvalue weighted by Gasteiger charge is 2.26. The summed E-state index contributed by atoms with van der Waals surface area (Å²) in [6.45, 7) is 0. The van der Waals surface area contributed by atoms with Crippen molar-refractivity contribution in [1.29, 1.82) is 0 Å². The summed E-state index contributed by atoms with van der Waals surface area (Å²) in [6.07, 6.45) is 0. The summed E-state index contributed by atoms with van der Waals surface area (Å²) < 4.78 is 11.0. The molecule has 0 saturated carbocycles. The highest BCUT2D eigenvalue weighted by molar-refractivity contribution is 6.47. The Kier molecular flexibility index (Phi) is 2.38. The van der Waals surface area contributed by atoms with Crippen molar-refractivity contribution in [3.63, 3.8) is 0 Å². The predicted octanol–water partition coefficient (Wildman–Crippen LogP) is 4.40. The monoisotopic (exact) mass is 228 g/mol. The van der Waals surface area contributed by atoms with Crippen molar-refractivity contribution >= 4 is 34.0 Å². The third-order valence-corrected chi connectivity index (χ3v) is 2.50. The zero-order valence-electron chi connectivity index (χ0n) is 7.18. The fraction of sp³-hybridized carbons (Fsp3) is 0.0909. The van der Waals surface area contributed by atoms with Crippen LogP contribution in [0.1, 0.15) is 5.56 Å². The van der Waals surface area contributed by atoms with E-state index in [-0.39, 0.29) is 0 Å². The first-order valence-corrected chi connectivity index (χ1v) is 4.89. The number of fused-ring (bicyclic) bond motifs is 1. The Morgan fingerprint density at radius 1 is 0.929 bits per heavy atom. The van der Waals surface area contributed by atoms with Crippen molar-refractivity contribution < 1.29 is 4.39 Å². The number of alkyl halides is 3. The number of hydrogen-bond donors (Lipinski definition) is 0. The molecule has 2 aromatic rings. The van der Waals surface area contributed by atoms with Gasteiger partial charge in [-0.2, -0.15) is 0 Å². The fourth-order valence-electron chi connectivity index (χ4n) is 1.47. The van der Waals surface area contributed by atoms with Gasteiger partial charge in [-0.1, -0.05) is 65.7 Å². The molecule has 0 bridgehead atoms. The van der Waals surface area contributed by atoms with E-state index in [2.05, 4.69) is 0 Å². The van der Waals surface area contributed by atoms with Crippen LogP contribution in [0.15, 0.2) is 42.5 Å². The SMILES string of the molecule is FC(Cl)(Cl)c1cccc2ccccc12. The molecule has 0 radical (unpaired) electrons. The Bertz CT molecular complexity index is 455. The highest BCUT2D eigenvalue weighted by Crippen LogP contribution is 2.38. The van der Waals surface area contributed by atoms with Crippen molar-refractivity contribution in [1.82, 2.24) is 0 Å². The minimum Gasteiger partial charge on any atom is -0.203 e. The van der Waals surface area contributed by atoms with Crippen molar-refractivity contribution in [2.45, 2.75) is 4.59 Å². The second-order valence-corrected chi connectivity index (χ2v) is 4.26. The maximum absolute atomic E-state index is 13.4. The van der Waals surface area contributed by atoms with Gasteiger partial charge >= 0.3 is 0 Å². The van der Waals surface area contributed by atoms with Gasteiger partial charge in [0.15, 0.2) is 0 Å². The van der Waals surface area contributed by atoms with Crippen LogP contribution in [0.2, 0.25) is 0 Å². The van der Waals surface area contributed by atoms with Gasteiger partial charge in [0.25, 0.3) is 4.59 Å². The quantitative estimate of drug-likeness (QED) is 0.636. The van der Waals surface area contributed by atoms with Crippen molar-refractivity contribution in [2.24, 2.45) is 0 Å². The van der Waals surface area contributed by atoms with E-state index in [0.717, 1.165) is 10.8 Å². The Morgan fingerprint density at radius 2 is 1.57 bits per heavy atom. The lowest BCUT2D eigenvalue weighted by atomic mass is 10.1. The van der Waals surface area contributed by atoms with Gasteiger partial charge in [-0.05, 0) is 10.8 Å². The van der Waals surface area contributed by atoms with Gasteiger partial charge in [-0.15, -0.1) is 0 Å². The summed E-state index contributed by atoms with van der Waals surface area (Å²) >= 11 is 10.9. The van der Waals surface area contributed by atoms with Crippen LogP contribution in [0, 0.1) is 0 Å². The Labute approximate surface area is 91.3 Å². The molecule has 0 aromatic heterocycles. The standard InChI is InChI=1S/C11H7Cl2F/c12-11(13,14)10-7-3-5-8-4-1-2-6-9(8)10/h1-7H. The Hall–Kier alpha value is -0.790. The maximum Gasteiger partial charge on any atom is 0.283 e. The Morgan fingerprint density at radius 3 is 2.29 bits per heavy atom. The number of hydrogen-bond acceptors (Lipinski definition) is 0. The molecule has 2 rings (SSSR count). The molecule has 0 nitrogen and oxygen atoms in total. The van der Waals surface area contributed by atoms with Gasteiger partial charge in [0.05, 0.1) is 0 Å². The van der Waals surface area contributed by atoms with E-state index in [1.807, 2.05) is 24.3 Å². The molecular formula is C11H7Cl2F. The van der Waals surface area contributed by atoms with Gasteiger partial charge in [0.1, 0.15) is 0 Å². The largest absolute Gasteiger partial charge is 0.283 e. The lowest BCUT2D eigenvalue weighted by Crippen LogP contribution is -2.01. The highest BCUT2D eigenvalue weighted by atomic mass is 35.5. The van der Waals surface area contributed by atoms with Crippen LogP contribution in [0.5, 0.6) is 0 Å². The normalized spacial score (nSPS) is 11.9. The zero-order valence-corrected chi connectivity index (χ0v) is 8.69. The van der Waals surface area contributed by atoms with E-state index in [0.29, 0.717) is 5.56 Å². The third kappa shape index (κ3) is 1.70. The van der Waals surface area contributed by atoms with E-state index >= 15 is 0 Å². The molecule has 0 aliphatic rings. The minimum atomic E-state index is -2.33. The fourth-order valence-corrected chi connectivity index (χ4v) is 1.80. The zero-order chi connectivity index (χ0) is 10.2. The third-order valence-electron chi connectivity index (χ3n) is 2.10. The summed E-state index contributed by atoms with van der Waals surface area (Å²) in [6, 6.07) is 12.6. The number of benzene rings is 2. The molecule has 2 aromatic carbocycles. The molecule has 72 valence electrons. The number of rotatable bonds is 1. The molecule has 0 unspecified atom stereocenters. The van der Waals surface area contributed by atoms with E-state index in [1.54, 1.807) is 18.2 Å². The van der Waals surface area contributed by atoms with Crippen LogP contribution in [-0.4, -0.2) is 0 Å². The lowest BCUT2D eigenvalue weighted by molar-refractivity contribution is 0.408. The molecule has 0 heterocycles. The minimum absolute atomic E-state index is 0.291. The summed E-state index contributed by atoms with van der Waals surface area (Å²) in [5.74, 6) is 0. The molecule has 0 atom stereocenters. The molecule has 0 saturated heterocycles. The molecule has 0 aliphatic heterocycles. The average Bonchev–Trinajstić information content (AvgIpc) is 2.15. The van der Waals surface area contributed by atoms with Crippen LogP contribution in [0.3, 0.4) is 0 Å². The van der Waals surface area contributed by atoms with Crippen molar-refractivity contribution in [3.8, 4) is 0 Å². The summed E-state index contributed by atoms with van der Waals surface area (Å²) in [5, 5.41) is 1.66. The lowest BCUT2D eigenvalue weighted by Gasteiger charge is -2.12. The molecule has 0 aliphatic carbocycles. The first-order chi connectivity index (χ1) is 6.59. The van der Waals surface area contributed by atoms with Crippen LogP contribution in [-0.2, 0) is 4.59 Å². The van der Waals surface area contributed by atoms with Crippen molar-refractivity contribution in [2.75, 3.05) is 0 Å². The smallest absolute Gasteiger partial charge is 0.203 e. The maximum atomic E-state index is 13.4. The van der Waals surface area contributed by atoms with Crippen LogP contribution >= 0.6 is 23.2 Å². The molecular weight excluding hydrogens is 222 g/mol. The van der Waals surface area contributed by atoms with E-state index in [4.69, 9.17) is 23.2 Å². The summed E-state index contributed by atoms with van der Waals surface area (Å²) in [5.41, 5.74) is 0.291.